The maximum atomic E-state index is 12.6. The third kappa shape index (κ3) is 3.57. The van der Waals surface area contributed by atoms with Crippen LogP contribution >= 0.6 is 11.3 Å². The predicted octanol–water partition coefficient (Wildman–Crippen LogP) is 4.46. The van der Waals surface area contributed by atoms with Gasteiger partial charge in [-0.05, 0) is 54.8 Å². The Bertz CT molecular complexity index is 783. The number of hydrogen-bond acceptors (Lipinski definition) is 4. The second-order valence-corrected chi connectivity index (χ2v) is 5.60. The SMILES string of the molecule is CCOc1ccc(NC(=O)c2cccnc2-c2ccsc2)cc1. The molecule has 23 heavy (non-hydrogen) atoms. The molecule has 0 aliphatic carbocycles. The summed E-state index contributed by atoms with van der Waals surface area (Å²) in [5, 5.41) is 6.85. The van der Waals surface area contributed by atoms with Crippen molar-refractivity contribution < 1.29 is 9.53 Å². The van der Waals surface area contributed by atoms with Gasteiger partial charge in [0.15, 0.2) is 0 Å². The summed E-state index contributed by atoms with van der Waals surface area (Å²) in [4.78, 5) is 16.9. The molecule has 0 atom stereocenters. The molecule has 2 heterocycles. The Hall–Kier alpha value is -2.66. The van der Waals surface area contributed by atoms with Crippen LogP contribution in [0.25, 0.3) is 11.3 Å². The van der Waals surface area contributed by atoms with Crippen molar-refractivity contribution in [1.29, 1.82) is 0 Å². The van der Waals surface area contributed by atoms with Crippen LogP contribution in [0.5, 0.6) is 5.75 Å². The maximum absolute atomic E-state index is 12.6. The molecule has 0 aliphatic rings. The molecule has 1 aromatic carbocycles. The fourth-order valence-electron chi connectivity index (χ4n) is 2.22. The number of hydrogen-bond donors (Lipinski definition) is 1. The van der Waals surface area contributed by atoms with E-state index in [1.54, 1.807) is 29.7 Å². The number of thiophene rings is 1. The molecule has 4 nitrogen and oxygen atoms in total. The summed E-state index contributed by atoms with van der Waals surface area (Å²) in [5.41, 5.74) is 2.92. The van der Waals surface area contributed by atoms with Gasteiger partial charge in [0.2, 0.25) is 0 Å². The number of nitrogens with zero attached hydrogens (tertiary/aromatic N) is 1. The topological polar surface area (TPSA) is 51.2 Å². The third-order valence-corrected chi connectivity index (χ3v) is 3.95. The average Bonchev–Trinajstić information content (AvgIpc) is 3.11. The Kier molecular flexibility index (Phi) is 4.68. The number of anilines is 1. The molecule has 2 aromatic heterocycles. The second-order valence-electron chi connectivity index (χ2n) is 4.82. The highest BCUT2D eigenvalue weighted by Gasteiger charge is 2.14. The largest absolute Gasteiger partial charge is 0.494 e. The van der Waals surface area contributed by atoms with Crippen LogP contribution in [0.3, 0.4) is 0 Å². The Labute approximate surface area is 138 Å². The van der Waals surface area contributed by atoms with Gasteiger partial charge in [0.25, 0.3) is 5.91 Å². The number of aromatic nitrogens is 1. The van der Waals surface area contributed by atoms with Crippen LogP contribution in [0.4, 0.5) is 5.69 Å². The van der Waals surface area contributed by atoms with E-state index in [-0.39, 0.29) is 5.91 Å². The quantitative estimate of drug-likeness (QED) is 0.754. The molecule has 1 amide bonds. The summed E-state index contributed by atoms with van der Waals surface area (Å²) in [7, 11) is 0. The van der Waals surface area contributed by atoms with Crippen LogP contribution in [-0.2, 0) is 0 Å². The van der Waals surface area contributed by atoms with E-state index in [1.807, 2.05) is 48.0 Å². The first-order chi connectivity index (χ1) is 11.3. The van der Waals surface area contributed by atoms with Crippen molar-refractivity contribution in [2.75, 3.05) is 11.9 Å². The van der Waals surface area contributed by atoms with E-state index in [2.05, 4.69) is 10.3 Å². The van der Waals surface area contributed by atoms with Gasteiger partial charge >= 0.3 is 0 Å². The molecule has 0 saturated heterocycles. The highest BCUT2D eigenvalue weighted by molar-refractivity contribution is 7.08. The monoisotopic (exact) mass is 324 g/mol. The van der Waals surface area contributed by atoms with Gasteiger partial charge in [-0.2, -0.15) is 11.3 Å². The zero-order valence-corrected chi connectivity index (χ0v) is 13.5. The minimum absolute atomic E-state index is 0.177. The van der Waals surface area contributed by atoms with Crippen LogP contribution in [0, 0.1) is 0 Å². The molecule has 116 valence electrons. The summed E-state index contributed by atoms with van der Waals surface area (Å²) in [6.45, 7) is 2.55. The number of carbonyl (C=O) groups is 1. The normalized spacial score (nSPS) is 10.3. The van der Waals surface area contributed by atoms with Crippen molar-refractivity contribution in [2.45, 2.75) is 6.92 Å². The predicted molar refractivity (Wildman–Crippen MR) is 93.1 cm³/mol. The molecule has 0 saturated carbocycles. The fourth-order valence-corrected chi connectivity index (χ4v) is 2.86. The number of ether oxygens (including phenoxy) is 1. The van der Waals surface area contributed by atoms with Crippen molar-refractivity contribution in [2.24, 2.45) is 0 Å². The first-order valence-corrected chi connectivity index (χ1v) is 8.24. The molecule has 0 radical (unpaired) electrons. The summed E-state index contributed by atoms with van der Waals surface area (Å²) in [6.07, 6.45) is 1.70. The van der Waals surface area contributed by atoms with Gasteiger partial charge in [-0.1, -0.05) is 0 Å². The van der Waals surface area contributed by atoms with Crippen molar-refractivity contribution in [3.05, 3.63) is 65.0 Å². The Morgan fingerprint density at radius 2 is 2.04 bits per heavy atom. The number of amides is 1. The van der Waals surface area contributed by atoms with Gasteiger partial charge in [-0.15, -0.1) is 0 Å². The summed E-state index contributed by atoms with van der Waals surface area (Å²) >= 11 is 1.58. The average molecular weight is 324 g/mol. The van der Waals surface area contributed by atoms with Crippen LogP contribution in [0.1, 0.15) is 17.3 Å². The molecule has 0 fully saturated rings. The van der Waals surface area contributed by atoms with Gasteiger partial charge in [0.1, 0.15) is 5.75 Å². The lowest BCUT2D eigenvalue weighted by Crippen LogP contribution is -2.13. The maximum Gasteiger partial charge on any atom is 0.257 e. The van der Waals surface area contributed by atoms with Crippen molar-refractivity contribution in [3.8, 4) is 17.0 Å². The smallest absolute Gasteiger partial charge is 0.257 e. The van der Waals surface area contributed by atoms with Gasteiger partial charge < -0.3 is 10.1 Å². The molecule has 0 aliphatic heterocycles. The molecular weight excluding hydrogens is 308 g/mol. The first-order valence-electron chi connectivity index (χ1n) is 7.29. The summed E-state index contributed by atoms with van der Waals surface area (Å²) < 4.78 is 5.40. The Balaban J connectivity index is 1.81. The molecule has 0 spiro atoms. The lowest BCUT2D eigenvalue weighted by Gasteiger charge is -2.09. The highest BCUT2D eigenvalue weighted by Crippen LogP contribution is 2.24. The third-order valence-electron chi connectivity index (χ3n) is 3.27. The molecule has 5 heteroatoms. The summed E-state index contributed by atoms with van der Waals surface area (Å²) in [5.74, 6) is 0.606. The lowest BCUT2D eigenvalue weighted by molar-refractivity contribution is 0.102. The van der Waals surface area contributed by atoms with Crippen molar-refractivity contribution in [3.63, 3.8) is 0 Å². The van der Waals surface area contributed by atoms with E-state index < -0.39 is 0 Å². The first kappa shape index (κ1) is 15.2. The van der Waals surface area contributed by atoms with Crippen LogP contribution in [0.2, 0.25) is 0 Å². The van der Waals surface area contributed by atoms with E-state index >= 15 is 0 Å². The molecule has 0 bridgehead atoms. The fraction of sp³-hybridized carbons (Fsp3) is 0.111. The molecule has 0 unspecified atom stereocenters. The van der Waals surface area contributed by atoms with Gasteiger partial charge in [-0.25, -0.2) is 0 Å². The zero-order chi connectivity index (χ0) is 16.1. The molecule has 1 N–H and O–H groups in total. The van der Waals surface area contributed by atoms with Crippen molar-refractivity contribution in [1.82, 2.24) is 4.98 Å². The van der Waals surface area contributed by atoms with Crippen LogP contribution in [-0.4, -0.2) is 17.5 Å². The Morgan fingerprint density at radius 1 is 1.22 bits per heavy atom. The van der Waals surface area contributed by atoms with E-state index in [4.69, 9.17) is 4.74 Å². The van der Waals surface area contributed by atoms with Crippen molar-refractivity contribution >= 4 is 22.9 Å². The number of nitrogens with one attached hydrogen (secondary N) is 1. The Morgan fingerprint density at radius 3 is 2.74 bits per heavy atom. The summed E-state index contributed by atoms with van der Waals surface area (Å²) in [6, 6.07) is 12.8. The van der Waals surface area contributed by atoms with E-state index in [0.29, 0.717) is 17.9 Å². The highest BCUT2D eigenvalue weighted by atomic mass is 32.1. The minimum Gasteiger partial charge on any atom is -0.494 e. The molecule has 3 rings (SSSR count). The second kappa shape index (κ2) is 7.07. The van der Waals surface area contributed by atoms with Gasteiger partial charge in [0.05, 0.1) is 17.9 Å². The van der Waals surface area contributed by atoms with Crippen LogP contribution in [0.15, 0.2) is 59.4 Å². The molecular formula is C18H16N2O2S. The number of benzene rings is 1. The molecule has 3 aromatic rings. The number of pyridine rings is 1. The van der Waals surface area contributed by atoms with Gasteiger partial charge in [0, 0.05) is 22.8 Å². The van der Waals surface area contributed by atoms with Crippen LogP contribution < -0.4 is 10.1 Å². The van der Waals surface area contributed by atoms with E-state index in [9.17, 15) is 4.79 Å². The van der Waals surface area contributed by atoms with E-state index in [0.717, 1.165) is 17.0 Å². The lowest BCUT2D eigenvalue weighted by atomic mass is 10.1. The van der Waals surface area contributed by atoms with Gasteiger partial charge in [-0.3, -0.25) is 9.78 Å². The standard InChI is InChI=1S/C18H16N2O2S/c1-2-22-15-7-5-14(6-8-15)20-18(21)16-4-3-10-19-17(16)13-9-11-23-12-13/h3-12H,2H2,1H3,(H,20,21). The zero-order valence-electron chi connectivity index (χ0n) is 12.7. The number of carbonyl (C=O) groups excluding carboxylic acids is 1. The minimum atomic E-state index is -0.177. The van der Waals surface area contributed by atoms with E-state index in [1.165, 1.54) is 0 Å². The number of rotatable bonds is 5.